The van der Waals surface area contributed by atoms with E-state index in [1.807, 2.05) is 6.07 Å². The predicted molar refractivity (Wildman–Crippen MR) is 78.9 cm³/mol. The van der Waals surface area contributed by atoms with E-state index in [1.54, 1.807) is 0 Å². The van der Waals surface area contributed by atoms with E-state index in [0.717, 1.165) is 0 Å². The molecule has 2 N–H and O–H groups in total. The molecule has 8 heteroatoms. The van der Waals surface area contributed by atoms with Gasteiger partial charge < -0.3 is 10.6 Å². The van der Waals surface area contributed by atoms with E-state index in [0.29, 0.717) is 24.2 Å². The number of nitrogens with one attached hydrogen (secondary N) is 2. The van der Waals surface area contributed by atoms with Crippen LogP contribution in [0.3, 0.4) is 0 Å². The summed E-state index contributed by atoms with van der Waals surface area (Å²) in [5, 5.41) is 22.3. The minimum atomic E-state index is -0.348. The number of thiocarbonyl (C=S) groups is 1. The molecule has 2 rings (SSSR count). The van der Waals surface area contributed by atoms with Crippen LogP contribution in [0.15, 0.2) is 30.6 Å². The molecule has 21 heavy (non-hydrogen) atoms. The van der Waals surface area contributed by atoms with E-state index in [2.05, 4.69) is 25.8 Å². The Morgan fingerprint density at radius 2 is 2.24 bits per heavy atom. The second kappa shape index (κ2) is 7.21. The molecule has 2 aromatic rings. The highest BCUT2D eigenvalue weighted by molar-refractivity contribution is 7.80. The van der Waals surface area contributed by atoms with Gasteiger partial charge in [-0.3, -0.25) is 4.98 Å². The molecule has 0 fully saturated rings. The normalized spacial score (nSPS) is 9.71. The van der Waals surface area contributed by atoms with Gasteiger partial charge in [-0.05, 0) is 30.4 Å². The van der Waals surface area contributed by atoms with Crippen LogP contribution in [-0.2, 0) is 6.42 Å². The van der Waals surface area contributed by atoms with Gasteiger partial charge in [0.05, 0.1) is 17.5 Å². The molecule has 106 valence electrons. The van der Waals surface area contributed by atoms with Gasteiger partial charge in [-0.25, -0.2) is 4.39 Å². The largest absolute Gasteiger partial charge is 0.362 e. The number of nitrogens with zero attached hydrogens (tertiary/aromatic N) is 4. The minimum absolute atomic E-state index is 0.279. The van der Waals surface area contributed by atoms with Crippen molar-refractivity contribution in [2.24, 2.45) is 0 Å². The van der Waals surface area contributed by atoms with E-state index in [1.165, 1.54) is 30.6 Å². The Bertz CT molecular complexity index is 684. The first-order chi connectivity index (χ1) is 10.2. The molecule has 0 atom stereocenters. The molecule has 0 amide bonds. The van der Waals surface area contributed by atoms with E-state index < -0.39 is 0 Å². The van der Waals surface area contributed by atoms with Crippen LogP contribution in [0.4, 0.5) is 10.2 Å². The quantitative estimate of drug-likeness (QED) is 0.826. The Morgan fingerprint density at radius 1 is 1.38 bits per heavy atom. The molecular formula is C13H11FN6S. The highest BCUT2D eigenvalue weighted by Crippen LogP contribution is 2.07. The number of hydrogen-bond acceptors (Lipinski definition) is 5. The van der Waals surface area contributed by atoms with Crippen molar-refractivity contribution in [3.05, 3.63) is 47.7 Å². The van der Waals surface area contributed by atoms with Crippen molar-refractivity contribution < 1.29 is 4.39 Å². The summed E-state index contributed by atoms with van der Waals surface area (Å²) in [5.74, 6) is -0.0691. The molecule has 0 bridgehead atoms. The van der Waals surface area contributed by atoms with Crippen LogP contribution < -0.4 is 10.6 Å². The third-order valence-electron chi connectivity index (χ3n) is 2.56. The van der Waals surface area contributed by atoms with Gasteiger partial charge in [0.15, 0.2) is 10.9 Å². The summed E-state index contributed by atoms with van der Waals surface area (Å²) in [6.45, 7) is 0.405. The Balaban J connectivity index is 1.86. The van der Waals surface area contributed by atoms with Crippen LogP contribution in [0, 0.1) is 17.1 Å². The maximum absolute atomic E-state index is 13.4. The third kappa shape index (κ3) is 4.15. The standard InChI is InChI=1S/C13H11FN6S/c14-10-2-1-5-16-11(10)4-6-17-13(21)19-12-9(8-15)3-7-18-20-12/h1-3,5,7H,4,6H2,(H2,17,19,20,21). The number of aromatic nitrogens is 3. The van der Waals surface area contributed by atoms with Crippen LogP contribution in [0.25, 0.3) is 0 Å². The van der Waals surface area contributed by atoms with Gasteiger partial charge in [-0.15, -0.1) is 5.10 Å². The lowest BCUT2D eigenvalue weighted by Gasteiger charge is -2.10. The Morgan fingerprint density at radius 3 is 3.00 bits per heavy atom. The molecule has 0 spiro atoms. The summed E-state index contributed by atoms with van der Waals surface area (Å²) in [4.78, 5) is 3.94. The molecule has 0 aliphatic heterocycles. The summed E-state index contributed by atoms with van der Waals surface area (Å²) in [6, 6.07) is 6.40. The van der Waals surface area contributed by atoms with E-state index >= 15 is 0 Å². The zero-order valence-corrected chi connectivity index (χ0v) is 11.7. The van der Waals surface area contributed by atoms with Crippen LogP contribution in [0.1, 0.15) is 11.3 Å². The van der Waals surface area contributed by atoms with Crippen LogP contribution >= 0.6 is 12.2 Å². The molecule has 0 aliphatic rings. The predicted octanol–water partition coefficient (Wildman–Crippen LogP) is 1.41. The highest BCUT2D eigenvalue weighted by Gasteiger charge is 2.06. The molecule has 0 saturated heterocycles. The monoisotopic (exact) mass is 302 g/mol. The average Bonchev–Trinajstić information content (AvgIpc) is 2.50. The summed E-state index contributed by atoms with van der Waals surface area (Å²) in [7, 11) is 0. The fourth-order valence-corrected chi connectivity index (χ4v) is 1.76. The lowest BCUT2D eigenvalue weighted by atomic mass is 10.2. The summed E-state index contributed by atoms with van der Waals surface area (Å²) >= 11 is 5.08. The van der Waals surface area contributed by atoms with Gasteiger partial charge >= 0.3 is 0 Å². The van der Waals surface area contributed by atoms with E-state index in [4.69, 9.17) is 17.5 Å². The van der Waals surface area contributed by atoms with Crippen molar-refractivity contribution in [3.8, 4) is 6.07 Å². The van der Waals surface area contributed by atoms with Gasteiger partial charge in [0.2, 0.25) is 0 Å². The zero-order chi connectivity index (χ0) is 15.1. The lowest BCUT2D eigenvalue weighted by Crippen LogP contribution is -2.31. The molecule has 6 nitrogen and oxygen atoms in total. The van der Waals surface area contributed by atoms with Crippen molar-refractivity contribution in [2.75, 3.05) is 11.9 Å². The van der Waals surface area contributed by atoms with E-state index in [9.17, 15) is 4.39 Å². The smallest absolute Gasteiger partial charge is 0.172 e. The molecule has 2 heterocycles. The topological polar surface area (TPSA) is 86.5 Å². The van der Waals surface area contributed by atoms with Gasteiger partial charge in [-0.1, -0.05) is 0 Å². The average molecular weight is 302 g/mol. The van der Waals surface area contributed by atoms with Gasteiger partial charge in [-0.2, -0.15) is 10.4 Å². The van der Waals surface area contributed by atoms with Gasteiger partial charge in [0.25, 0.3) is 0 Å². The van der Waals surface area contributed by atoms with Crippen molar-refractivity contribution in [2.45, 2.75) is 6.42 Å². The van der Waals surface area contributed by atoms with Crippen molar-refractivity contribution in [1.82, 2.24) is 20.5 Å². The second-order valence-electron chi connectivity index (χ2n) is 3.97. The number of pyridine rings is 1. The molecule has 0 unspecified atom stereocenters. The number of rotatable bonds is 4. The third-order valence-corrected chi connectivity index (χ3v) is 2.80. The first-order valence-corrected chi connectivity index (χ1v) is 6.47. The van der Waals surface area contributed by atoms with Crippen LogP contribution in [0.5, 0.6) is 0 Å². The Kier molecular flexibility index (Phi) is 5.06. The first kappa shape index (κ1) is 14.7. The van der Waals surface area contributed by atoms with E-state index in [-0.39, 0.29) is 16.7 Å². The summed E-state index contributed by atoms with van der Waals surface area (Å²) in [5.41, 5.74) is 0.704. The molecule has 0 radical (unpaired) electrons. The number of anilines is 1. The zero-order valence-electron chi connectivity index (χ0n) is 10.9. The van der Waals surface area contributed by atoms with Gasteiger partial charge in [0.1, 0.15) is 11.9 Å². The van der Waals surface area contributed by atoms with Crippen molar-refractivity contribution >= 4 is 23.1 Å². The van der Waals surface area contributed by atoms with Crippen LogP contribution in [0.2, 0.25) is 0 Å². The second-order valence-corrected chi connectivity index (χ2v) is 4.38. The molecule has 0 saturated carbocycles. The lowest BCUT2D eigenvalue weighted by molar-refractivity contribution is 0.596. The molecule has 2 aromatic heterocycles. The van der Waals surface area contributed by atoms with Gasteiger partial charge in [0, 0.05) is 19.2 Å². The molecular weight excluding hydrogens is 291 g/mol. The number of hydrogen-bond donors (Lipinski definition) is 2. The minimum Gasteiger partial charge on any atom is -0.362 e. The Labute approximate surface area is 126 Å². The summed E-state index contributed by atoms with van der Waals surface area (Å²) < 4.78 is 13.4. The number of nitriles is 1. The first-order valence-electron chi connectivity index (χ1n) is 6.06. The summed E-state index contributed by atoms with van der Waals surface area (Å²) in [6.07, 6.45) is 3.35. The maximum Gasteiger partial charge on any atom is 0.172 e. The SMILES string of the molecule is N#Cc1ccnnc1NC(=S)NCCc1ncccc1F. The maximum atomic E-state index is 13.4. The fraction of sp³-hybridized carbons (Fsp3) is 0.154. The highest BCUT2D eigenvalue weighted by atomic mass is 32.1. The van der Waals surface area contributed by atoms with Crippen molar-refractivity contribution in [3.63, 3.8) is 0 Å². The van der Waals surface area contributed by atoms with Crippen LogP contribution in [-0.4, -0.2) is 26.8 Å². The Hall–Kier alpha value is -2.66. The van der Waals surface area contributed by atoms with Crippen molar-refractivity contribution in [1.29, 1.82) is 5.26 Å². The fourth-order valence-electron chi connectivity index (χ4n) is 1.56. The molecule has 0 aromatic carbocycles. The molecule has 0 aliphatic carbocycles. The number of halogens is 1.